The van der Waals surface area contributed by atoms with Crippen molar-refractivity contribution in [2.75, 3.05) is 25.0 Å². The Morgan fingerprint density at radius 1 is 1.00 bits per heavy atom. The van der Waals surface area contributed by atoms with E-state index in [0.717, 1.165) is 11.3 Å². The molecule has 2 aromatic rings. The number of rotatable bonds is 4. The number of thiocarbonyl (C=S) groups is 1. The summed E-state index contributed by atoms with van der Waals surface area (Å²) in [6.45, 7) is 1.96. The van der Waals surface area contributed by atoms with Gasteiger partial charge in [0.05, 0.1) is 6.04 Å². The molecule has 1 aliphatic heterocycles. The first-order valence-corrected chi connectivity index (χ1v) is 11.7. The van der Waals surface area contributed by atoms with Crippen LogP contribution in [0.25, 0.3) is 0 Å². The van der Waals surface area contributed by atoms with Crippen LogP contribution < -0.4 is 5.32 Å². The maximum absolute atomic E-state index is 13.2. The third-order valence-electron chi connectivity index (χ3n) is 6.46. The highest BCUT2D eigenvalue weighted by molar-refractivity contribution is 7.80. The monoisotopic (exact) mass is 439 g/mol. The molecule has 1 amide bonds. The molecular formula is C25H30FN3OS. The first kappa shape index (κ1) is 21.8. The van der Waals surface area contributed by atoms with Gasteiger partial charge in [0.25, 0.3) is 0 Å². The highest BCUT2D eigenvalue weighted by Gasteiger charge is 2.33. The van der Waals surface area contributed by atoms with E-state index in [9.17, 15) is 9.18 Å². The van der Waals surface area contributed by atoms with Crippen LogP contribution in [-0.2, 0) is 4.79 Å². The van der Waals surface area contributed by atoms with Crippen molar-refractivity contribution in [2.24, 2.45) is 5.92 Å². The van der Waals surface area contributed by atoms with Gasteiger partial charge in [-0.05, 0) is 60.8 Å². The minimum absolute atomic E-state index is 0.00861. The smallest absolute Gasteiger partial charge is 0.222 e. The lowest BCUT2D eigenvalue weighted by atomic mass is 9.86. The number of hydrogen-bond donors (Lipinski definition) is 1. The van der Waals surface area contributed by atoms with E-state index >= 15 is 0 Å². The van der Waals surface area contributed by atoms with Gasteiger partial charge in [-0.15, -0.1) is 0 Å². The summed E-state index contributed by atoms with van der Waals surface area (Å²) in [4.78, 5) is 17.2. The second kappa shape index (κ2) is 10.2. The molecule has 0 aromatic heterocycles. The molecule has 31 heavy (non-hydrogen) atoms. The molecule has 1 heterocycles. The molecule has 1 saturated carbocycles. The van der Waals surface area contributed by atoms with Gasteiger partial charge in [-0.2, -0.15) is 0 Å². The largest absolute Gasteiger partial charge is 0.338 e. The summed E-state index contributed by atoms with van der Waals surface area (Å²) in [6.07, 6.45) is 6.83. The maximum atomic E-state index is 13.2. The molecule has 0 radical (unpaired) electrons. The fourth-order valence-electron chi connectivity index (χ4n) is 4.71. The summed E-state index contributed by atoms with van der Waals surface area (Å²) in [5.41, 5.74) is 1.90. The zero-order valence-electron chi connectivity index (χ0n) is 17.8. The lowest BCUT2D eigenvalue weighted by Gasteiger charge is -2.43. The van der Waals surface area contributed by atoms with Crippen molar-refractivity contribution in [3.63, 3.8) is 0 Å². The number of anilines is 1. The van der Waals surface area contributed by atoms with E-state index in [1.165, 1.54) is 44.2 Å². The Kier molecular flexibility index (Phi) is 7.17. The molecule has 164 valence electrons. The van der Waals surface area contributed by atoms with Crippen LogP contribution in [0.2, 0.25) is 0 Å². The van der Waals surface area contributed by atoms with E-state index in [2.05, 4.69) is 22.3 Å². The molecular weight excluding hydrogens is 409 g/mol. The Labute approximate surface area is 189 Å². The zero-order chi connectivity index (χ0) is 21.6. The summed E-state index contributed by atoms with van der Waals surface area (Å²) >= 11 is 5.72. The number of nitrogens with zero attached hydrogens (tertiary/aromatic N) is 2. The molecule has 2 aliphatic rings. The van der Waals surface area contributed by atoms with Gasteiger partial charge in [0.2, 0.25) is 5.91 Å². The van der Waals surface area contributed by atoms with Crippen molar-refractivity contribution in [3.05, 3.63) is 66.0 Å². The van der Waals surface area contributed by atoms with Crippen LogP contribution in [0, 0.1) is 11.7 Å². The van der Waals surface area contributed by atoms with Gasteiger partial charge in [0.15, 0.2) is 5.11 Å². The van der Waals surface area contributed by atoms with E-state index in [-0.39, 0.29) is 17.8 Å². The number of amides is 1. The fraction of sp³-hybridized carbons (Fsp3) is 0.440. The van der Waals surface area contributed by atoms with E-state index in [0.29, 0.717) is 37.1 Å². The molecule has 0 bridgehead atoms. The van der Waals surface area contributed by atoms with Crippen LogP contribution in [-0.4, -0.2) is 40.5 Å². The lowest BCUT2D eigenvalue weighted by Crippen LogP contribution is -2.53. The van der Waals surface area contributed by atoms with Gasteiger partial charge in [0, 0.05) is 31.7 Å². The molecule has 1 atom stereocenters. The summed E-state index contributed by atoms with van der Waals surface area (Å²) in [6, 6.07) is 16.4. The molecule has 6 heteroatoms. The maximum Gasteiger partial charge on any atom is 0.222 e. The fourth-order valence-corrected chi connectivity index (χ4v) is 5.05. The van der Waals surface area contributed by atoms with Crippen LogP contribution in [0.4, 0.5) is 10.1 Å². The average Bonchev–Trinajstić information content (AvgIpc) is 2.81. The van der Waals surface area contributed by atoms with Crippen LogP contribution in [0.15, 0.2) is 54.6 Å². The third kappa shape index (κ3) is 5.62. The molecule has 1 N–H and O–H groups in total. The highest BCUT2D eigenvalue weighted by Crippen LogP contribution is 2.30. The van der Waals surface area contributed by atoms with Crippen LogP contribution in [0.5, 0.6) is 0 Å². The molecule has 0 spiro atoms. The molecule has 1 unspecified atom stereocenters. The Bertz CT molecular complexity index is 883. The van der Waals surface area contributed by atoms with Gasteiger partial charge < -0.3 is 15.1 Å². The normalized spacial score (nSPS) is 19.8. The van der Waals surface area contributed by atoms with Crippen LogP contribution >= 0.6 is 12.2 Å². The lowest BCUT2D eigenvalue weighted by molar-refractivity contribution is -0.134. The first-order chi connectivity index (χ1) is 15.1. The van der Waals surface area contributed by atoms with Crippen LogP contribution in [0.3, 0.4) is 0 Å². The molecule has 2 fully saturated rings. The van der Waals surface area contributed by atoms with Crippen LogP contribution in [0.1, 0.15) is 50.1 Å². The minimum atomic E-state index is -0.274. The van der Waals surface area contributed by atoms with E-state index < -0.39 is 0 Å². The van der Waals surface area contributed by atoms with Crippen molar-refractivity contribution in [1.29, 1.82) is 0 Å². The number of hydrogen-bond acceptors (Lipinski definition) is 2. The quantitative estimate of drug-likeness (QED) is 0.649. The standard InChI is InChI=1S/C25H30FN3OS/c26-21-11-13-22(14-12-21)27-25(31)29-16-15-28(18-23(29)20-9-5-2-6-10-20)24(30)17-19-7-3-1-4-8-19/h2,5-6,9-14,19,23H,1,3-4,7-8,15-18H2,(H,27,31). The Morgan fingerprint density at radius 3 is 2.42 bits per heavy atom. The topological polar surface area (TPSA) is 35.6 Å². The summed E-state index contributed by atoms with van der Waals surface area (Å²) < 4.78 is 13.2. The Morgan fingerprint density at radius 2 is 1.71 bits per heavy atom. The number of piperazine rings is 1. The first-order valence-electron chi connectivity index (χ1n) is 11.3. The number of carbonyl (C=O) groups is 1. The molecule has 4 nitrogen and oxygen atoms in total. The van der Waals surface area contributed by atoms with Crippen molar-refractivity contribution in [3.8, 4) is 0 Å². The Hall–Kier alpha value is -2.47. The second-order valence-corrected chi connectivity index (χ2v) is 8.99. The Balaban J connectivity index is 1.46. The number of halogens is 1. The van der Waals surface area contributed by atoms with Crippen molar-refractivity contribution >= 4 is 28.9 Å². The van der Waals surface area contributed by atoms with Gasteiger partial charge in [-0.3, -0.25) is 4.79 Å². The van der Waals surface area contributed by atoms with Crippen molar-refractivity contribution < 1.29 is 9.18 Å². The average molecular weight is 440 g/mol. The summed E-state index contributed by atoms with van der Waals surface area (Å²) in [5.74, 6) is 0.532. The predicted octanol–water partition coefficient (Wildman–Crippen LogP) is 5.38. The number of nitrogens with one attached hydrogen (secondary N) is 1. The minimum Gasteiger partial charge on any atom is -0.338 e. The summed E-state index contributed by atoms with van der Waals surface area (Å²) in [7, 11) is 0. The zero-order valence-corrected chi connectivity index (χ0v) is 18.6. The highest BCUT2D eigenvalue weighted by atomic mass is 32.1. The van der Waals surface area contributed by atoms with Gasteiger partial charge in [0.1, 0.15) is 5.82 Å². The van der Waals surface area contributed by atoms with E-state index in [1.807, 2.05) is 23.1 Å². The number of benzene rings is 2. The van der Waals surface area contributed by atoms with Gasteiger partial charge >= 0.3 is 0 Å². The van der Waals surface area contributed by atoms with Gasteiger partial charge in [-0.25, -0.2) is 4.39 Å². The van der Waals surface area contributed by atoms with Crippen molar-refractivity contribution in [2.45, 2.75) is 44.6 Å². The SMILES string of the molecule is O=C(CC1CCCCC1)N1CCN(C(=S)Nc2ccc(F)cc2)C(c2ccccc2)C1. The summed E-state index contributed by atoms with van der Waals surface area (Å²) in [5, 5.41) is 3.83. The van der Waals surface area contributed by atoms with Crippen molar-refractivity contribution in [1.82, 2.24) is 9.80 Å². The molecule has 2 aromatic carbocycles. The molecule has 1 saturated heterocycles. The number of carbonyl (C=O) groups excluding carboxylic acids is 1. The molecule has 4 rings (SSSR count). The third-order valence-corrected chi connectivity index (χ3v) is 6.80. The van der Waals surface area contributed by atoms with Gasteiger partial charge in [-0.1, -0.05) is 49.6 Å². The molecule has 1 aliphatic carbocycles. The second-order valence-electron chi connectivity index (χ2n) is 8.60. The van der Waals surface area contributed by atoms with E-state index in [4.69, 9.17) is 12.2 Å². The van der Waals surface area contributed by atoms with E-state index in [1.54, 1.807) is 12.1 Å². The predicted molar refractivity (Wildman–Crippen MR) is 126 cm³/mol.